The fraction of sp³-hybridized carbons (Fsp3) is 0.148. The van der Waals surface area contributed by atoms with Crippen LogP contribution in [0.3, 0.4) is 0 Å². The van der Waals surface area contributed by atoms with Gasteiger partial charge in [0, 0.05) is 17.5 Å². The molecule has 0 saturated heterocycles. The lowest BCUT2D eigenvalue weighted by Crippen LogP contribution is -2.09. The number of aromatic nitrogens is 2. The lowest BCUT2D eigenvalue weighted by atomic mass is 9.97. The molecule has 1 atom stereocenters. The summed E-state index contributed by atoms with van der Waals surface area (Å²) in [6.07, 6.45) is 0. The zero-order chi connectivity index (χ0) is 21.4. The van der Waals surface area contributed by atoms with Gasteiger partial charge in [-0.1, -0.05) is 67.1 Å². The highest BCUT2D eigenvalue weighted by Crippen LogP contribution is 2.31. The Kier molecular flexibility index (Phi) is 5.13. The molecule has 0 aliphatic heterocycles. The van der Waals surface area contributed by atoms with Gasteiger partial charge in [-0.3, -0.25) is 0 Å². The highest BCUT2D eigenvalue weighted by Gasteiger charge is 2.19. The van der Waals surface area contributed by atoms with Crippen LogP contribution in [0.25, 0.3) is 21.8 Å². The molecule has 0 spiro atoms. The van der Waals surface area contributed by atoms with Gasteiger partial charge in [0.25, 0.3) is 0 Å². The molecule has 5 aromatic rings. The standard InChI is InChI=1S/C27H23ClN2O/c1-18(20-9-10-22-16-24(31-2)14-11-21(22)15-20)27-29-25-5-3-4-6-26(25)30(27)17-19-7-12-23(28)13-8-19/h3-16,18H,17H2,1-2H3. The Balaban J connectivity index is 1.58. The monoisotopic (exact) mass is 426 g/mol. The third-order valence-electron chi connectivity index (χ3n) is 5.90. The third-order valence-corrected chi connectivity index (χ3v) is 6.15. The number of hydrogen-bond acceptors (Lipinski definition) is 2. The van der Waals surface area contributed by atoms with Gasteiger partial charge in [-0.2, -0.15) is 0 Å². The molecule has 1 heterocycles. The van der Waals surface area contributed by atoms with Crippen molar-refractivity contribution >= 4 is 33.4 Å². The van der Waals surface area contributed by atoms with Gasteiger partial charge in [-0.25, -0.2) is 4.98 Å². The van der Waals surface area contributed by atoms with Crippen molar-refractivity contribution in [2.24, 2.45) is 0 Å². The predicted octanol–water partition coefficient (Wildman–Crippen LogP) is 7.05. The van der Waals surface area contributed by atoms with Crippen LogP contribution < -0.4 is 4.74 Å². The van der Waals surface area contributed by atoms with E-state index in [4.69, 9.17) is 21.3 Å². The van der Waals surface area contributed by atoms with E-state index in [0.717, 1.165) is 34.2 Å². The predicted molar refractivity (Wildman–Crippen MR) is 128 cm³/mol. The molecule has 31 heavy (non-hydrogen) atoms. The first kappa shape index (κ1) is 19.7. The molecule has 1 aromatic heterocycles. The van der Waals surface area contributed by atoms with Gasteiger partial charge in [0.15, 0.2) is 0 Å². The number of para-hydroxylation sites is 2. The van der Waals surface area contributed by atoms with E-state index >= 15 is 0 Å². The summed E-state index contributed by atoms with van der Waals surface area (Å²) >= 11 is 6.09. The van der Waals surface area contributed by atoms with Gasteiger partial charge in [0.2, 0.25) is 0 Å². The van der Waals surface area contributed by atoms with E-state index in [-0.39, 0.29) is 5.92 Å². The minimum absolute atomic E-state index is 0.145. The lowest BCUT2D eigenvalue weighted by Gasteiger charge is -2.16. The van der Waals surface area contributed by atoms with E-state index in [0.29, 0.717) is 0 Å². The van der Waals surface area contributed by atoms with Crippen LogP contribution in [0.5, 0.6) is 5.75 Å². The van der Waals surface area contributed by atoms with E-state index in [1.807, 2.05) is 24.3 Å². The summed E-state index contributed by atoms with van der Waals surface area (Å²) in [5.74, 6) is 2.08. The highest BCUT2D eigenvalue weighted by molar-refractivity contribution is 6.30. The smallest absolute Gasteiger partial charge is 0.119 e. The van der Waals surface area contributed by atoms with Crippen molar-refractivity contribution in [1.82, 2.24) is 9.55 Å². The van der Waals surface area contributed by atoms with Crippen molar-refractivity contribution in [3.05, 3.63) is 107 Å². The van der Waals surface area contributed by atoms with Crippen LogP contribution in [0, 0.1) is 0 Å². The Morgan fingerprint density at radius 2 is 1.65 bits per heavy atom. The van der Waals surface area contributed by atoms with Gasteiger partial charge in [0.05, 0.1) is 18.1 Å². The fourth-order valence-corrected chi connectivity index (χ4v) is 4.28. The average molecular weight is 427 g/mol. The summed E-state index contributed by atoms with van der Waals surface area (Å²) in [5, 5.41) is 3.12. The highest BCUT2D eigenvalue weighted by atomic mass is 35.5. The molecule has 154 valence electrons. The Morgan fingerprint density at radius 3 is 2.45 bits per heavy atom. The first-order chi connectivity index (χ1) is 15.1. The molecule has 0 bridgehead atoms. The largest absolute Gasteiger partial charge is 0.497 e. The number of nitrogens with zero attached hydrogens (tertiary/aromatic N) is 2. The fourth-order valence-electron chi connectivity index (χ4n) is 4.15. The maximum atomic E-state index is 6.09. The molecule has 0 fully saturated rings. The summed E-state index contributed by atoms with van der Waals surface area (Å²) in [6, 6.07) is 29.2. The second kappa shape index (κ2) is 8.09. The van der Waals surface area contributed by atoms with Crippen molar-refractivity contribution in [3.8, 4) is 5.75 Å². The Hall–Kier alpha value is -3.30. The number of ether oxygens (including phenoxy) is 1. The average Bonchev–Trinajstić information content (AvgIpc) is 3.17. The summed E-state index contributed by atoms with van der Waals surface area (Å²) < 4.78 is 7.68. The number of rotatable bonds is 5. The Morgan fingerprint density at radius 1 is 0.903 bits per heavy atom. The van der Waals surface area contributed by atoms with Crippen molar-refractivity contribution in [1.29, 1.82) is 0 Å². The van der Waals surface area contributed by atoms with Crippen molar-refractivity contribution in [2.45, 2.75) is 19.4 Å². The second-order valence-corrected chi connectivity index (χ2v) is 8.30. The molecule has 5 rings (SSSR count). The van der Waals surface area contributed by atoms with Gasteiger partial charge in [0.1, 0.15) is 11.6 Å². The molecule has 0 aliphatic carbocycles. The molecule has 1 unspecified atom stereocenters. The van der Waals surface area contributed by atoms with Gasteiger partial charge >= 0.3 is 0 Å². The number of benzene rings is 4. The zero-order valence-corrected chi connectivity index (χ0v) is 18.3. The van der Waals surface area contributed by atoms with E-state index in [9.17, 15) is 0 Å². The van der Waals surface area contributed by atoms with E-state index in [1.54, 1.807) is 7.11 Å². The van der Waals surface area contributed by atoms with Crippen LogP contribution in [-0.2, 0) is 6.54 Å². The number of halogens is 1. The maximum Gasteiger partial charge on any atom is 0.119 e. The van der Waals surface area contributed by atoms with E-state index < -0.39 is 0 Å². The SMILES string of the molecule is COc1ccc2cc(C(C)c3nc4ccccc4n3Cc3ccc(Cl)cc3)ccc2c1. The normalized spacial score (nSPS) is 12.4. The maximum absolute atomic E-state index is 6.09. The molecule has 3 nitrogen and oxygen atoms in total. The molecular weight excluding hydrogens is 404 g/mol. The topological polar surface area (TPSA) is 27.1 Å². The van der Waals surface area contributed by atoms with Crippen LogP contribution in [0.2, 0.25) is 5.02 Å². The summed E-state index contributed by atoms with van der Waals surface area (Å²) in [6.45, 7) is 2.98. The van der Waals surface area contributed by atoms with Gasteiger partial charge in [-0.05, 0) is 58.3 Å². The first-order valence-electron chi connectivity index (χ1n) is 10.4. The minimum atomic E-state index is 0.145. The van der Waals surface area contributed by atoms with E-state index in [2.05, 4.69) is 72.2 Å². The van der Waals surface area contributed by atoms with Crippen LogP contribution in [0.1, 0.15) is 29.8 Å². The molecule has 4 aromatic carbocycles. The number of hydrogen-bond donors (Lipinski definition) is 0. The lowest BCUT2D eigenvalue weighted by molar-refractivity contribution is 0.415. The molecule has 0 aliphatic rings. The molecule has 0 amide bonds. The molecular formula is C27H23ClN2O. The van der Waals surface area contributed by atoms with E-state index in [1.165, 1.54) is 21.9 Å². The molecule has 0 saturated carbocycles. The summed E-state index contributed by atoms with van der Waals surface area (Å²) in [7, 11) is 1.70. The summed E-state index contributed by atoms with van der Waals surface area (Å²) in [5.41, 5.74) is 4.60. The first-order valence-corrected chi connectivity index (χ1v) is 10.8. The number of imidazole rings is 1. The molecule has 4 heteroatoms. The minimum Gasteiger partial charge on any atom is -0.497 e. The molecule has 0 N–H and O–H groups in total. The van der Waals surface area contributed by atoms with Gasteiger partial charge in [-0.15, -0.1) is 0 Å². The van der Waals surface area contributed by atoms with Crippen LogP contribution in [0.15, 0.2) is 84.9 Å². The quantitative estimate of drug-likeness (QED) is 0.301. The summed E-state index contributed by atoms with van der Waals surface area (Å²) in [4.78, 5) is 5.03. The zero-order valence-electron chi connectivity index (χ0n) is 17.5. The number of methoxy groups -OCH3 is 1. The Labute approximate surface area is 186 Å². The molecule has 0 radical (unpaired) electrons. The van der Waals surface area contributed by atoms with Crippen LogP contribution >= 0.6 is 11.6 Å². The van der Waals surface area contributed by atoms with Crippen LogP contribution in [-0.4, -0.2) is 16.7 Å². The van der Waals surface area contributed by atoms with Crippen molar-refractivity contribution < 1.29 is 4.74 Å². The van der Waals surface area contributed by atoms with Crippen molar-refractivity contribution in [2.75, 3.05) is 7.11 Å². The van der Waals surface area contributed by atoms with Gasteiger partial charge < -0.3 is 9.30 Å². The third kappa shape index (κ3) is 3.77. The van der Waals surface area contributed by atoms with Crippen LogP contribution in [0.4, 0.5) is 0 Å². The van der Waals surface area contributed by atoms with Crippen molar-refractivity contribution in [3.63, 3.8) is 0 Å². The number of fused-ring (bicyclic) bond motifs is 2. The Bertz CT molecular complexity index is 1370. The second-order valence-electron chi connectivity index (χ2n) is 7.87.